The fourth-order valence-electron chi connectivity index (χ4n) is 10.3. The second-order valence-electron chi connectivity index (χ2n) is 22.5. The number of hydrogen-bond acceptors (Lipinski definition) is 13. The molecular weight excluding hydrogens is 1000 g/mol. The second-order valence-corrected chi connectivity index (χ2v) is 22.5. The zero-order valence-electron chi connectivity index (χ0n) is 49.6. The predicted octanol–water partition coefficient (Wildman–Crippen LogP) is 11.7. The number of rotatable bonds is 51. The number of allylic oxidation sites excluding steroid dienone is 9. The Bertz CT molecular complexity index is 1560. The number of carbonyl (C=O) groups excluding carboxylic acids is 1. The molecule has 14 nitrogen and oxygen atoms in total. The van der Waals surface area contributed by atoms with E-state index in [9.17, 15) is 45.6 Å². The maximum Gasteiger partial charge on any atom is 0.220 e. The Morgan fingerprint density at radius 1 is 0.456 bits per heavy atom. The molecule has 0 aromatic rings. The highest BCUT2D eigenvalue weighted by atomic mass is 16.7. The lowest BCUT2D eigenvalue weighted by Crippen LogP contribution is -2.65. The third-order valence-corrected chi connectivity index (χ3v) is 15.4. The molecule has 79 heavy (non-hydrogen) atoms. The van der Waals surface area contributed by atoms with Crippen LogP contribution in [0.3, 0.4) is 0 Å². The van der Waals surface area contributed by atoms with Crippen LogP contribution in [0.1, 0.15) is 251 Å². The average molecular weight is 1120 g/mol. The van der Waals surface area contributed by atoms with Crippen molar-refractivity contribution < 1.29 is 64.6 Å². The summed E-state index contributed by atoms with van der Waals surface area (Å²) in [6.45, 7) is 2.75. The summed E-state index contributed by atoms with van der Waals surface area (Å²) >= 11 is 0. The van der Waals surface area contributed by atoms with E-state index in [0.29, 0.717) is 12.8 Å². The Morgan fingerprint density at radius 2 is 0.848 bits per heavy atom. The van der Waals surface area contributed by atoms with E-state index in [1.807, 2.05) is 6.08 Å². The standard InChI is InChI=1S/C65H117NO13/c1-3-5-7-9-11-13-15-17-18-19-20-21-22-23-24-25-26-27-28-29-30-31-32-33-34-35-36-37-39-41-43-45-47-49-57(70)66-53(54(69)48-46-44-42-40-38-16-14-12-10-8-6-4-2)52-76-64-62(75)60(73)63(56(51-68)78-64)79-65-61(74)59(72)58(71)55(50-67)77-65/h15,17,19-20,22-23,38,40,46,48,53-56,58-65,67-69,71-75H,3-14,16,18,21,24-37,39,41-45,47,49-52H2,1-2H3,(H,66,70)/b17-15-,20-19-,23-22-,40-38+,48-46+. The van der Waals surface area contributed by atoms with Crippen LogP contribution >= 0.6 is 0 Å². The van der Waals surface area contributed by atoms with Gasteiger partial charge in [0.1, 0.15) is 48.8 Å². The van der Waals surface area contributed by atoms with E-state index in [2.05, 4.69) is 67.8 Å². The minimum Gasteiger partial charge on any atom is -0.394 e. The van der Waals surface area contributed by atoms with E-state index in [-0.39, 0.29) is 18.9 Å². The van der Waals surface area contributed by atoms with Gasteiger partial charge in [-0.3, -0.25) is 4.79 Å². The molecule has 14 heteroatoms. The van der Waals surface area contributed by atoms with Gasteiger partial charge >= 0.3 is 0 Å². The Morgan fingerprint density at radius 3 is 1.33 bits per heavy atom. The maximum atomic E-state index is 13.2. The first-order valence-corrected chi connectivity index (χ1v) is 32.0. The lowest BCUT2D eigenvalue weighted by atomic mass is 9.97. The predicted molar refractivity (Wildman–Crippen MR) is 318 cm³/mol. The normalized spacial score (nSPS) is 24.8. The lowest BCUT2D eigenvalue weighted by Gasteiger charge is -2.46. The molecule has 0 spiro atoms. The first-order chi connectivity index (χ1) is 38.6. The molecule has 2 aliphatic rings. The number of aliphatic hydroxyl groups is 8. The van der Waals surface area contributed by atoms with Gasteiger partial charge in [-0.1, -0.05) is 235 Å². The van der Waals surface area contributed by atoms with Crippen LogP contribution in [-0.4, -0.2) is 140 Å². The van der Waals surface area contributed by atoms with Crippen molar-refractivity contribution in [1.82, 2.24) is 5.32 Å². The number of unbranched alkanes of at least 4 members (excludes halogenated alkanes) is 30. The Balaban J connectivity index is 1.63. The van der Waals surface area contributed by atoms with Crippen LogP contribution in [0.25, 0.3) is 0 Å². The third-order valence-electron chi connectivity index (χ3n) is 15.4. The Hall–Kier alpha value is -2.31. The summed E-state index contributed by atoms with van der Waals surface area (Å²) in [5, 5.41) is 87.0. The van der Waals surface area contributed by atoms with E-state index in [1.54, 1.807) is 6.08 Å². The van der Waals surface area contributed by atoms with Gasteiger partial charge in [0.25, 0.3) is 0 Å². The fraction of sp³-hybridized carbons (Fsp3) is 0.831. The molecule has 0 aromatic heterocycles. The Kier molecular flexibility index (Phi) is 46.3. The summed E-state index contributed by atoms with van der Waals surface area (Å²) in [4.78, 5) is 13.2. The highest BCUT2D eigenvalue weighted by Crippen LogP contribution is 2.30. The highest BCUT2D eigenvalue weighted by molar-refractivity contribution is 5.76. The number of hydrogen-bond donors (Lipinski definition) is 9. The van der Waals surface area contributed by atoms with Gasteiger partial charge in [-0.15, -0.1) is 0 Å². The van der Waals surface area contributed by atoms with E-state index >= 15 is 0 Å². The van der Waals surface area contributed by atoms with Crippen LogP contribution < -0.4 is 5.32 Å². The van der Waals surface area contributed by atoms with Crippen molar-refractivity contribution >= 4 is 5.91 Å². The summed E-state index contributed by atoms with van der Waals surface area (Å²) in [5.41, 5.74) is 0. The molecule has 460 valence electrons. The van der Waals surface area contributed by atoms with Gasteiger partial charge in [-0.2, -0.15) is 0 Å². The van der Waals surface area contributed by atoms with Crippen LogP contribution in [0.2, 0.25) is 0 Å². The molecule has 1 amide bonds. The monoisotopic (exact) mass is 1120 g/mol. The molecule has 2 saturated heterocycles. The quantitative estimate of drug-likeness (QED) is 0.0204. The molecule has 9 N–H and O–H groups in total. The number of carbonyl (C=O) groups is 1. The molecule has 0 bridgehead atoms. The summed E-state index contributed by atoms with van der Waals surface area (Å²) < 4.78 is 22.7. The van der Waals surface area contributed by atoms with E-state index in [0.717, 1.165) is 44.9 Å². The van der Waals surface area contributed by atoms with Crippen molar-refractivity contribution in [2.24, 2.45) is 0 Å². The van der Waals surface area contributed by atoms with Gasteiger partial charge < -0.3 is 65.1 Å². The van der Waals surface area contributed by atoms with Crippen molar-refractivity contribution in [2.45, 2.75) is 325 Å². The van der Waals surface area contributed by atoms with E-state index < -0.39 is 86.8 Å². The molecule has 2 fully saturated rings. The smallest absolute Gasteiger partial charge is 0.220 e. The van der Waals surface area contributed by atoms with Gasteiger partial charge in [0, 0.05) is 6.42 Å². The maximum absolute atomic E-state index is 13.2. The Labute approximate surface area is 479 Å². The van der Waals surface area contributed by atoms with Gasteiger partial charge in [-0.05, 0) is 70.6 Å². The fourth-order valence-corrected chi connectivity index (χ4v) is 10.3. The van der Waals surface area contributed by atoms with Crippen LogP contribution in [-0.2, 0) is 23.7 Å². The molecule has 0 saturated carbocycles. The second kappa shape index (κ2) is 50.2. The number of aliphatic hydroxyl groups excluding tert-OH is 8. The molecule has 0 aliphatic carbocycles. The summed E-state index contributed by atoms with van der Waals surface area (Å²) in [5.74, 6) is -0.249. The van der Waals surface area contributed by atoms with Crippen molar-refractivity contribution in [3.05, 3.63) is 60.8 Å². The van der Waals surface area contributed by atoms with Gasteiger partial charge in [-0.25, -0.2) is 0 Å². The summed E-state index contributed by atoms with van der Waals surface area (Å²) in [7, 11) is 0. The highest BCUT2D eigenvalue weighted by Gasteiger charge is 2.51. The largest absolute Gasteiger partial charge is 0.394 e. The molecular formula is C65H117NO13. The van der Waals surface area contributed by atoms with Crippen molar-refractivity contribution in [3.8, 4) is 0 Å². The number of nitrogens with one attached hydrogen (secondary N) is 1. The average Bonchev–Trinajstić information content (AvgIpc) is 3.49. The van der Waals surface area contributed by atoms with Crippen LogP contribution in [0.15, 0.2) is 60.8 Å². The zero-order valence-corrected chi connectivity index (χ0v) is 49.6. The van der Waals surface area contributed by atoms with Crippen LogP contribution in [0.5, 0.6) is 0 Å². The molecule has 2 heterocycles. The first-order valence-electron chi connectivity index (χ1n) is 32.0. The number of ether oxygens (including phenoxy) is 4. The molecule has 12 unspecified atom stereocenters. The molecule has 2 aliphatic heterocycles. The van der Waals surface area contributed by atoms with Gasteiger partial charge in [0.15, 0.2) is 12.6 Å². The molecule has 12 atom stereocenters. The third kappa shape index (κ3) is 35.4. The van der Waals surface area contributed by atoms with Crippen molar-refractivity contribution in [2.75, 3.05) is 19.8 Å². The topological polar surface area (TPSA) is 228 Å². The van der Waals surface area contributed by atoms with Crippen molar-refractivity contribution in [1.29, 1.82) is 0 Å². The minimum atomic E-state index is -1.79. The van der Waals surface area contributed by atoms with E-state index in [4.69, 9.17) is 18.9 Å². The molecule has 2 rings (SSSR count). The molecule has 0 aromatic carbocycles. The lowest BCUT2D eigenvalue weighted by molar-refractivity contribution is -0.359. The van der Waals surface area contributed by atoms with E-state index in [1.165, 1.54) is 173 Å². The van der Waals surface area contributed by atoms with Crippen LogP contribution in [0.4, 0.5) is 0 Å². The summed E-state index contributed by atoms with van der Waals surface area (Å²) in [6.07, 6.45) is 48.6. The van der Waals surface area contributed by atoms with Crippen molar-refractivity contribution in [3.63, 3.8) is 0 Å². The minimum absolute atomic E-state index is 0.249. The van der Waals surface area contributed by atoms with Crippen LogP contribution in [0, 0.1) is 0 Å². The first kappa shape index (κ1) is 72.8. The van der Waals surface area contributed by atoms with Gasteiger partial charge in [0.2, 0.25) is 5.91 Å². The molecule has 0 radical (unpaired) electrons. The SMILES string of the molecule is CCCCCCC/C=C\C/C=C\C/C=C\CCCCCCCCCCCCCCCCCCCCC(=O)NC(COC1OC(CO)C(OC2OC(CO)C(O)C(O)C2O)C(O)C1O)C(O)/C=C/CC/C=C/CCCCCCCC. The number of amides is 1. The summed E-state index contributed by atoms with van der Waals surface area (Å²) in [6, 6.07) is -0.931. The van der Waals surface area contributed by atoms with Gasteiger partial charge in [0.05, 0.1) is 32.0 Å². The zero-order chi connectivity index (χ0) is 57.4.